The average Bonchev–Trinajstić information content (AvgIpc) is 2.20. The summed E-state index contributed by atoms with van der Waals surface area (Å²) in [7, 11) is 0. The standard InChI is InChI=1S/C10H18N2O/c1-2-11-10(13)9-7-12-5-3-8(9)4-6-12/h8-9H,2-7H2,1H3,(H,11,13). The molecule has 3 aliphatic rings. The predicted octanol–water partition coefficient (Wildman–Crippen LogP) is 0.464. The van der Waals surface area contributed by atoms with Crippen molar-refractivity contribution in [3.8, 4) is 0 Å². The van der Waals surface area contributed by atoms with Gasteiger partial charge in [0, 0.05) is 13.1 Å². The number of hydrogen-bond donors (Lipinski definition) is 1. The van der Waals surface area contributed by atoms with E-state index < -0.39 is 0 Å². The Morgan fingerprint density at radius 2 is 2.15 bits per heavy atom. The molecule has 0 aromatic rings. The Labute approximate surface area is 79.5 Å². The number of piperidine rings is 3. The lowest BCUT2D eigenvalue weighted by molar-refractivity contribution is -0.130. The topological polar surface area (TPSA) is 32.3 Å². The number of carbonyl (C=O) groups excluding carboxylic acids is 1. The molecule has 1 amide bonds. The van der Waals surface area contributed by atoms with E-state index in [4.69, 9.17) is 0 Å². The van der Waals surface area contributed by atoms with Crippen LogP contribution in [0.4, 0.5) is 0 Å². The Kier molecular flexibility index (Phi) is 2.54. The molecule has 3 fully saturated rings. The quantitative estimate of drug-likeness (QED) is 0.673. The first-order valence-electron chi connectivity index (χ1n) is 5.31. The number of fused-ring (bicyclic) bond motifs is 3. The molecule has 0 radical (unpaired) electrons. The first-order valence-corrected chi connectivity index (χ1v) is 5.31. The van der Waals surface area contributed by atoms with Gasteiger partial charge in [-0.3, -0.25) is 4.79 Å². The Hall–Kier alpha value is -0.570. The average molecular weight is 182 g/mol. The fraction of sp³-hybridized carbons (Fsp3) is 0.900. The van der Waals surface area contributed by atoms with Crippen LogP contribution < -0.4 is 5.32 Å². The summed E-state index contributed by atoms with van der Waals surface area (Å²) >= 11 is 0. The fourth-order valence-electron chi connectivity index (χ4n) is 2.57. The minimum Gasteiger partial charge on any atom is -0.356 e. The third-order valence-electron chi connectivity index (χ3n) is 3.34. The van der Waals surface area contributed by atoms with Crippen LogP contribution in [0.2, 0.25) is 0 Å². The van der Waals surface area contributed by atoms with Crippen LogP contribution in [0.15, 0.2) is 0 Å². The molecule has 1 atom stereocenters. The summed E-state index contributed by atoms with van der Waals surface area (Å²) < 4.78 is 0. The molecule has 3 aliphatic heterocycles. The van der Waals surface area contributed by atoms with Crippen LogP contribution in [0.1, 0.15) is 19.8 Å². The van der Waals surface area contributed by atoms with Crippen molar-refractivity contribution in [2.24, 2.45) is 11.8 Å². The van der Waals surface area contributed by atoms with Crippen molar-refractivity contribution in [2.75, 3.05) is 26.2 Å². The Bertz CT molecular complexity index is 197. The lowest BCUT2D eigenvalue weighted by atomic mass is 9.78. The van der Waals surface area contributed by atoms with Gasteiger partial charge in [0.1, 0.15) is 0 Å². The third-order valence-corrected chi connectivity index (χ3v) is 3.34. The van der Waals surface area contributed by atoms with Crippen molar-refractivity contribution in [2.45, 2.75) is 19.8 Å². The van der Waals surface area contributed by atoms with Crippen molar-refractivity contribution in [1.29, 1.82) is 0 Å². The molecule has 3 heterocycles. The van der Waals surface area contributed by atoms with Crippen LogP contribution in [0.5, 0.6) is 0 Å². The van der Waals surface area contributed by atoms with Gasteiger partial charge in [-0.2, -0.15) is 0 Å². The van der Waals surface area contributed by atoms with Gasteiger partial charge in [0.05, 0.1) is 5.92 Å². The lowest BCUT2D eigenvalue weighted by Crippen LogP contribution is -2.52. The second kappa shape index (κ2) is 3.66. The van der Waals surface area contributed by atoms with E-state index in [2.05, 4.69) is 10.2 Å². The maximum Gasteiger partial charge on any atom is 0.224 e. The van der Waals surface area contributed by atoms with Crippen LogP contribution in [0.3, 0.4) is 0 Å². The molecule has 74 valence electrons. The SMILES string of the molecule is CCNC(=O)C1CN2CCC1CC2. The minimum atomic E-state index is 0.275. The molecule has 2 bridgehead atoms. The van der Waals surface area contributed by atoms with Crippen molar-refractivity contribution in [1.82, 2.24) is 10.2 Å². The van der Waals surface area contributed by atoms with E-state index in [1.54, 1.807) is 0 Å². The van der Waals surface area contributed by atoms with E-state index in [1.165, 1.54) is 25.9 Å². The Morgan fingerprint density at radius 1 is 1.46 bits per heavy atom. The highest BCUT2D eigenvalue weighted by Gasteiger charge is 2.37. The van der Waals surface area contributed by atoms with Crippen LogP contribution in [-0.4, -0.2) is 37.0 Å². The number of nitrogens with one attached hydrogen (secondary N) is 1. The molecule has 0 saturated carbocycles. The number of carbonyl (C=O) groups is 1. The largest absolute Gasteiger partial charge is 0.356 e. The van der Waals surface area contributed by atoms with Gasteiger partial charge in [-0.15, -0.1) is 0 Å². The van der Waals surface area contributed by atoms with Crippen molar-refractivity contribution >= 4 is 5.91 Å². The molecular weight excluding hydrogens is 164 g/mol. The van der Waals surface area contributed by atoms with Crippen LogP contribution >= 0.6 is 0 Å². The summed E-state index contributed by atoms with van der Waals surface area (Å²) in [4.78, 5) is 14.1. The molecular formula is C10H18N2O. The highest BCUT2D eigenvalue weighted by Crippen LogP contribution is 2.32. The van der Waals surface area contributed by atoms with E-state index >= 15 is 0 Å². The van der Waals surface area contributed by atoms with Gasteiger partial charge in [-0.05, 0) is 38.8 Å². The summed E-state index contributed by atoms with van der Waals surface area (Å²) in [6.07, 6.45) is 2.45. The van der Waals surface area contributed by atoms with Gasteiger partial charge in [0.15, 0.2) is 0 Å². The summed E-state index contributed by atoms with van der Waals surface area (Å²) in [5.74, 6) is 1.22. The van der Waals surface area contributed by atoms with Crippen LogP contribution in [-0.2, 0) is 4.79 Å². The maximum atomic E-state index is 11.7. The lowest BCUT2D eigenvalue weighted by Gasteiger charge is -2.43. The van der Waals surface area contributed by atoms with Crippen molar-refractivity contribution in [3.63, 3.8) is 0 Å². The van der Waals surface area contributed by atoms with Gasteiger partial charge in [0.2, 0.25) is 5.91 Å². The summed E-state index contributed by atoms with van der Waals surface area (Å²) in [6, 6.07) is 0. The van der Waals surface area contributed by atoms with Crippen LogP contribution in [0, 0.1) is 11.8 Å². The van der Waals surface area contributed by atoms with E-state index in [1.807, 2.05) is 6.92 Å². The smallest absolute Gasteiger partial charge is 0.224 e. The molecule has 3 heteroatoms. The predicted molar refractivity (Wildman–Crippen MR) is 51.3 cm³/mol. The fourth-order valence-corrected chi connectivity index (χ4v) is 2.57. The first-order chi connectivity index (χ1) is 6.31. The second-order valence-electron chi connectivity index (χ2n) is 4.14. The monoisotopic (exact) mass is 182 g/mol. The third kappa shape index (κ3) is 1.70. The molecule has 0 aromatic carbocycles. The second-order valence-corrected chi connectivity index (χ2v) is 4.14. The van der Waals surface area contributed by atoms with Crippen LogP contribution in [0.25, 0.3) is 0 Å². The number of rotatable bonds is 2. The van der Waals surface area contributed by atoms with E-state index in [0.29, 0.717) is 5.92 Å². The molecule has 3 saturated heterocycles. The summed E-state index contributed by atoms with van der Waals surface area (Å²) in [5.41, 5.74) is 0. The molecule has 0 spiro atoms. The van der Waals surface area contributed by atoms with Gasteiger partial charge in [-0.1, -0.05) is 0 Å². The Balaban J connectivity index is 1.96. The number of hydrogen-bond acceptors (Lipinski definition) is 2. The van der Waals surface area contributed by atoms with Crippen molar-refractivity contribution in [3.05, 3.63) is 0 Å². The van der Waals surface area contributed by atoms with Gasteiger partial charge >= 0.3 is 0 Å². The van der Waals surface area contributed by atoms with E-state index in [-0.39, 0.29) is 11.8 Å². The van der Waals surface area contributed by atoms with E-state index in [9.17, 15) is 4.79 Å². The highest BCUT2D eigenvalue weighted by molar-refractivity contribution is 5.79. The van der Waals surface area contributed by atoms with Gasteiger partial charge < -0.3 is 10.2 Å². The molecule has 0 aromatic heterocycles. The summed E-state index contributed by atoms with van der Waals surface area (Å²) in [6.45, 7) is 6.17. The molecule has 1 unspecified atom stereocenters. The highest BCUT2D eigenvalue weighted by atomic mass is 16.1. The first kappa shape index (κ1) is 9.00. The molecule has 3 nitrogen and oxygen atoms in total. The zero-order valence-electron chi connectivity index (χ0n) is 8.25. The van der Waals surface area contributed by atoms with Gasteiger partial charge in [-0.25, -0.2) is 0 Å². The number of nitrogens with zero attached hydrogens (tertiary/aromatic N) is 1. The van der Waals surface area contributed by atoms with Gasteiger partial charge in [0.25, 0.3) is 0 Å². The molecule has 1 N–H and O–H groups in total. The molecule has 3 rings (SSSR count). The normalized spacial score (nSPS) is 37.5. The summed E-state index contributed by atoms with van der Waals surface area (Å²) in [5, 5.41) is 2.93. The molecule has 0 aliphatic carbocycles. The maximum absolute atomic E-state index is 11.7. The number of amides is 1. The molecule has 13 heavy (non-hydrogen) atoms. The zero-order chi connectivity index (χ0) is 9.26. The zero-order valence-corrected chi connectivity index (χ0v) is 8.25. The van der Waals surface area contributed by atoms with E-state index in [0.717, 1.165) is 13.1 Å². The minimum absolute atomic E-state index is 0.275. The van der Waals surface area contributed by atoms with Crippen molar-refractivity contribution < 1.29 is 4.79 Å². The Morgan fingerprint density at radius 3 is 2.62 bits per heavy atom.